The topological polar surface area (TPSA) is 39.9 Å². The Balaban J connectivity index is 1.48. The number of imidazole rings is 1. The van der Waals surface area contributed by atoms with Gasteiger partial charge in [-0.15, -0.1) is 11.3 Å². The van der Waals surface area contributed by atoms with Gasteiger partial charge in [-0.1, -0.05) is 30.3 Å². The number of thiophene rings is 1. The SMILES string of the molecule is Cc1nc2cc(Br)sc2c2c1nc(CCCOCc1ccccc1)n2C. The number of halogens is 1. The van der Waals surface area contributed by atoms with Crippen molar-refractivity contribution < 1.29 is 4.74 Å². The number of rotatable bonds is 6. The van der Waals surface area contributed by atoms with E-state index in [2.05, 4.69) is 45.7 Å². The lowest BCUT2D eigenvalue weighted by molar-refractivity contribution is 0.118. The van der Waals surface area contributed by atoms with Gasteiger partial charge < -0.3 is 9.30 Å². The van der Waals surface area contributed by atoms with Gasteiger partial charge in [0, 0.05) is 20.1 Å². The molecule has 0 bridgehead atoms. The first-order valence-electron chi connectivity index (χ1n) is 8.66. The van der Waals surface area contributed by atoms with Gasteiger partial charge in [0.25, 0.3) is 0 Å². The van der Waals surface area contributed by atoms with Crippen LogP contribution in [0.25, 0.3) is 21.3 Å². The third-order valence-corrected chi connectivity index (χ3v) is 6.15. The second-order valence-corrected chi connectivity index (χ2v) is 8.82. The summed E-state index contributed by atoms with van der Waals surface area (Å²) in [5.74, 6) is 1.09. The van der Waals surface area contributed by atoms with Gasteiger partial charge in [0.15, 0.2) is 0 Å². The maximum absolute atomic E-state index is 5.80. The van der Waals surface area contributed by atoms with Crippen molar-refractivity contribution >= 4 is 48.5 Å². The molecule has 4 nitrogen and oxygen atoms in total. The van der Waals surface area contributed by atoms with E-state index >= 15 is 0 Å². The number of pyridine rings is 1. The molecule has 0 aliphatic rings. The Morgan fingerprint density at radius 2 is 2.00 bits per heavy atom. The zero-order valence-electron chi connectivity index (χ0n) is 14.8. The maximum atomic E-state index is 5.80. The highest BCUT2D eigenvalue weighted by atomic mass is 79.9. The van der Waals surface area contributed by atoms with Crippen LogP contribution in [0.15, 0.2) is 40.2 Å². The average molecular weight is 430 g/mol. The van der Waals surface area contributed by atoms with Crippen molar-refractivity contribution in [3.8, 4) is 0 Å². The van der Waals surface area contributed by atoms with Crippen LogP contribution >= 0.6 is 27.3 Å². The molecular formula is C20H20BrN3OS. The highest BCUT2D eigenvalue weighted by molar-refractivity contribution is 9.11. The highest BCUT2D eigenvalue weighted by Crippen LogP contribution is 2.35. The quantitative estimate of drug-likeness (QED) is 0.385. The van der Waals surface area contributed by atoms with Crippen LogP contribution in [0.5, 0.6) is 0 Å². The molecule has 0 aliphatic heterocycles. The zero-order chi connectivity index (χ0) is 18.1. The molecular weight excluding hydrogens is 410 g/mol. The first kappa shape index (κ1) is 17.6. The molecule has 3 aromatic heterocycles. The molecule has 134 valence electrons. The standard InChI is InChI=1S/C20H20BrN3OS/c1-13-18-19(20-15(22-13)11-16(21)26-20)24(2)17(23-18)9-6-10-25-12-14-7-4-3-5-8-14/h3-5,7-8,11H,6,9-10,12H2,1-2H3. The Morgan fingerprint density at radius 3 is 2.81 bits per heavy atom. The molecule has 0 aliphatic carbocycles. The number of fused-ring (bicyclic) bond motifs is 3. The second kappa shape index (κ2) is 7.47. The fraction of sp³-hybridized carbons (Fsp3) is 0.300. The predicted octanol–water partition coefficient (Wildman–Crippen LogP) is 5.40. The summed E-state index contributed by atoms with van der Waals surface area (Å²) in [7, 11) is 2.10. The summed E-state index contributed by atoms with van der Waals surface area (Å²) in [4.78, 5) is 9.57. The smallest absolute Gasteiger partial charge is 0.111 e. The lowest BCUT2D eigenvalue weighted by Crippen LogP contribution is -2.02. The molecule has 6 heteroatoms. The average Bonchev–Trinajstić information content (AvgIpc) is 3.16. The van der Waals surface area contributed by atoms with Crippen molar-refractivity contribution in [2.45, 2.75) is 26.4 Å². The van der Waals surface area contributed by atoms with Crippen molar-refractivity contribution in [2.75, 3.05) is 6.61 Å². The minimum atomic E-state index is 0.663. The van der Waals surface area contributed by atoms with Crippen LogP contribution in [-0.2, 0) is 24.8 Å². The van der Waals surface area contributed by atoms with E-state index in [1.807, 2.05) is 25.1 Å². The van der Waals surface area contributed by atoms with Crippen molar-refractivity contribution in [2.24, 2.45) is 7.05 Å². The Labute approximate surface area is 165 Å². The summed E-state index contributed by atoms with van der Waals surface area (Å²) in [6.07, 6.45) is 1.85. The number of ether oxygens (including phenoxy) is 1. The van der Waals surface area contributed by atoms with Gasteiger partial charge in [-0.05, 0) is 40.9 Å². The summed E-state index contributed by atoms with van der Waals surface area (Å²) < 4.78 is 10.3. The Kier molecular flexibility index (Phi) is 5.07. The molecule has 4 aromatic rings. The molecule has 0 fully saturated rings. The van der Waals surface area contributed by atoms with Crippen molar-refractivity contribution in [3.05, 3.63) is 57.3 Å². The predicted molar refractivity (Wildman–Crippen MR) is 111 cm³/mol. The third kappa shape index (κ3) is 3.41. The molecule has 0 radical (unpaired) electrons. The molecule has 1 aromatic carbocycles. The highest BCUT2D eigenvalue weighted by Gasteiger charge is 2.16. The summed E-state index contributed by atoms with van der Waals surface area (Å²) in [5, 5.41) is 0. The van der Waals surface area contributed by atoms with E-state index < -0.39 is 0 Å². The van der Waals surface area contributed by atoms with Crippen LogP contribution in [-0.4, -0.2) is 21.1 Å². The summed E-state index contributed by atoms with van der Waals surface area (Å²) in [6.45, 7) is 3.43. The molecule has 0 unspecified atom stereocenters. The maximum Gasteiger partial charge on any atom is 0.111 e. The normalized spacial score (nSPS) is 11.7. The zero-order valence-corrected chi connectivity index (χ0v) is 17.2. The number of hydrogen-bond donors (Lipinski definition) is 0. The summed E-state index contributed by atoms with van der Waals surface area (Å²) in [5.41, 5.74) is 5.42. The van der Waals surface area contributed by atoms with E-state index in [4.69, 9.17) is 14.7 Å². The van der Waals surface area contributed by atoms with Crippen molar-refractivity contribution in [1.82, 2.24) is 14.5 Å². The Bertz CT molecular complexity index is 1060. The number of aryl methyl sites for hydroxylation is 3. The van der Waals surface area contributed by atoms with Crippen LogP contribution in [0.3, 0.4) is 0 Å². The number of hydrogen-bond acceptors (Lipinski definition) is 4. The van der Waals surface area contributed by atoms with Gasteiger partial charge in [-0.3, -0.25) is 0 Å². The van der Waals surface area contributed by atoms with Crippen LogP contribution in [0.2, 0.25) is 0 Å². The molecule has 0 atom stereocenters. The first-order chi connectivity index (χ1) is 12.6. The molecule has 0 N–H and O–H groups in total. The van der Waals surface area contributed by atoms with Crippen molar-refractivity contribution in [3.63, 3.8) is 0 Å². The molecule has 26 heavy (non-hydrogen) atoms. The van der Waals surface area contributed by atoms with Crippen LogP contribution in [0, 0.1) is 6.92 Å². The molecule has 0 spiro atoms. The van der Waals surface area contributed by atoms with E-state index in [0.717, 1.165) is 45.8 Å². The van der Waals surface area contributed by atoms with Crippen LogP contribution in [0.4, 0.5) is 0 Å². The first-order valence-corrected chi connectivity index (χ1v) is 10.3. The fourth-order valence-electron chi connectivity index (χ4n) is 3.22. The van der Waals surface area contributed by atoms with E-state index in [1.165, 1.54) is 15.8 Å². The lowest BCUT2D eigenvalue weighted by atomic mass is 10.2. The van der Waals surface area contributed by atoms with Gasteiger partial charge in [0.2, 0.25) is 0 Å². The Hall–Kier alpha value is -1.76. The van der Waals surface area contributed by atoms with Gasteiger partial charge in [-0.25, -0.2) is 9.97 Å². The second-order valence-electron chi connectivity index (χ2n) is 6.39. The lowest BCUT2D eigenvalue weighted by Gasteiger charge is -2.05. The van der Waals surface area contributed by atoms with E-state index in [0.29, 0.717) is 6.61 Å². The van der Waals surface area contributed by atoms with Crippen LogP contribution < -0.4 is 0 Å². The largest absolute Gasteiger partial charge is 0.377 e. The number of nitrogens with zero attached hydrogens (tertiary/aromatic N) is 3. The fourth-order valence-corrected chi connectivity index (χ4v) is 4.82. The van der Waals surface area contributed by atoms with Crippen molar-refractivity contribution in [1.29, 1.82) is 0 Å². The van der Waals surface area contributed by atoms with Gasteiger partial charge >= 0.3 is 0 Å². The van der Waals surface area contributed by atoms with Gasteiger partial charge in [0.05, 0.1) is 31.8 Å². The van der Waals surface area contributed by atoms with E-state index in [1.54, 1.807) is 11.3 Å². The van der Waals surface area contributed by atoms with Crippen LogP contribution in [0.1, 0.15) is 23.5 Å². The Morgan fingerprint density at radius 1 is 1.19 bits per heavy atom. The third-order valence-electron chi connectivity index (χ3n) is 4.52. The number of aromatic nitrogens is 3. The van der Waals surface area contributed by atoms with Gasteiger partial charge in [0.1, 0.15) is 11.3 Å². The summed E-state index contributed by atoms with van der Waals surface area (Å²) in [6, 6.07) is 12.4. The molecule has 0 amide bonds. The molecule has 3 heterocycles. The molecule has 4 rings (SSSR count). The number of benzene rings is 1. The van der Waals surface area contributed by atoms with E-state index in [-0.39, 0.29) is 0 Å². The minimum absolute atomic E-state index is 0.663. The monoisotopic (exact) mass is 429 g/mol. The van der Waals surface area contributed by atoms with E-state index in [9.17, 15) is 0 Å². The van der Waals surface area contributed by atoms with Gasteiger partial charge in [-0.2, -0.15) is 0 Å². The molecule has 0 saturated heterocycles. The summed E-state index contributed by atoms with van der Waals surface area (Å²) >= 11 is 5.29. The minimum Gasteiger partial charge on any atom is -0.377 e. The molecule has 0 saturated carbocycles.